The minimum Gasteiger partial charge on any atom is -0.393 e. The number of hydrogen-bond acceptors (Lipinski definition) is 1. The molecule has 0 saturated heterocycles. The molecule has 6 atom stereocenters. The Hall–Kier alpha value is -0.0400. The Kier molecular flexibility index (Phi) is 1.39. The maximum absolute atomic E-state index is 9.77. The first-order valence-corrected chi connectivity index (χ1v) is 5.45. The summed E-state index contributed by atoms with van der Waals surface area (Å²) in [6, 6.07) is 0. The van der Waals surface area contributed by atoms with Crippen molar-refractivity contribution in [2.75, 3.05) is 0 Å². The van der Waals surface area contributed by atoms with Crippen molar-refractivity contribution in [3.8, 4) is 0 Å². The molecule has 1 nitrogen and oxygen atoms in total. The lowest BCUT2D eigenvalue weighted by Crippen LogP contribution is -2.22. The highest BCUT2D eigenvalue weighted by atomic mass is 16.3. The Balaban J connectivity index is 1.90. The highest BCUT2D eigenvalue weighted by Gasteiger charge is 2.54. The van der Waals surface area contributed by atoms with E-state index in [1.165, 1.54) is 19.3 Å². The fourth-order valence-corrected chi connectivity index (χ4v) is 4.37. The van der Waals surface area contributed by atoms with Gasteiger partial charge in [-0.1, -0.05) is 6.92 Å². The van der Waals surface area contributed by atoms with Gasteiger partial charge in [0.1, 0.15) is 0 Å². The molecule has 0 aliphatic heterocycles. The van der Waals surface area contributed by atoms with Gasteiger partial charge in [0.05, 0.1) is 6.10 Å². The number of aliphatic hydroxyl groups is 1. The van der Waals surface area contributed by atoms with Crippen molar-refractivity contribution in [3.05, 3.63) is 0 Å². The Labute approximate surface area is 74.2 Å². The van der Waals surface area contributed by atoms with Crippen LogP contribution in [0.25, 0.3) is 0 Å². The molecule has 3 aliphatic rings. The van der Waals surface area contributed by atoms with Gasteiger partial charge in [-0.15, -0.1) is 0 Å². The topological polar surface area (TPSA) is 20.2 Å². The van der Waals surface area contributed by atoms with E-state index >= 15 is 0 Å². The van der Waals surface area contributed by atoms with Crippen molar-refractivity contribution >= 4 is 0 Å². The summed E-state index contributed by atoms with van der Waals surface area (Å²) in [6.45, 7) is 2.26. The van der Waals surface area contributed by atoms with Crippen LogP contribution in [0.1, 0.15) is 32.6 Å². The van der Waals surface area contributed by atoms with Gasteiger partial charge in [0.2, 0.25) is 0 Å². The summed E-state index contributed by atoms with van der Waals surface area (Å²) in [7, 11) is 0. The molecule has 0 heterocycles. The third kappa shape index (κ3) is 0.736. The van der Waals surface area contributed by atoms with Crippen LogP contribution in [0.15, 0.2) is 0 Å². The van der Waals surface area contributed by atoms with Gasteiger partial charge in [0.25, 0.3) is 0 Å². The summed E-state index contributed by atoms with van der Waals surface area (Å²) < 4.78 is 0. The molecule has 1 N–H and O–H groups in total. The maximum atomic E-state index is 9.77. The highest BCUT2D eigenvalue weighted by Crippen LogP contribution is 2.60. The van der Waals surface area contributed by atoms with Crippen molar-refractivity contribution in [1.82, 2.24) is 0 Å². The van der Waals surface area contributed by atoms with E-state index in [0.29, 0.717) is 5.92 Å². The van der Waals surface area contributed by atoms with Crippen LogP contribution in [0.5, 0.6) is 0 Å². The zero-order chi connectivity index (χ0) is 8.29. The predicted octanol–water partition coefficient (Wildman–Crippen LogP) is 2.05. The van der Waals surface area contributed by atoms with Gasteiger partial charge < -0.3 is 5.11 Å². The van der Waals surface area contributed by atoms with Crippen LogP contribution in [0.4, 0.5) is 0 Å². The van der Waals surface area contributed by atoms with Crippen molar-refractivity contribution in [2.45, 2.75) is 38.7 Å². The second kappa shape index (κ2) is 2.25. The second-order valence-electron chi connectivity index (χ2n) is 5.24. The average molecular weight is 166 g/mol. The van der Waals surface area contributed by atoms with Gasteiger partial charge in [-0.25, -0.2) is 0 Å². The van der Waals surface area contributed by atoms with Gasteiger partial charge in [-0.05, 0) is 55.3 Å². The molecule has 0 aromatic carbocycles. The zero-order valence-electron chi connectivity index (χ0n) is 7.74. The molecular formula is C11H18O. The summed E-state index contributed by atoms with van der Waals surface area (Å²) in [4.78, 5) is 0. The molecule has 0 aromatic rings. The molecule has 3 aliphatic carbocycles. The third-order valence-electron chi connectivity index (χ3n) is 4.89. The zero-order valence-corrected chi connectivity index (χ0v) is 7.74. The van der Waals surface area contributed by atoms with Crippen LogP contribution in [-0.4, -0.2) is 11.2 Å². The standard InChI is InChI=1S/C11H18O/c1-6-10(12)5-9-7-2-3-8(4-7)11(6)9/h6-12H,2-5H2,1H3. The SMILES string of the molecule is CC1C(O)CC2C3CCC(C3)C12. The summed E-state index contributed by atoms with van der Waals surface area (Å²) in [5.74, 6) is 4.41. The van der Waals surface area contributed by atoms with Gasteiger partial charge in [-0.2, -0.15) is 0 Å². The second-order valence-corrected chi connectivity index (χ2v) is 5.24. The van der Waals surface area contributed by atoms with Crippen LogP contribution >= 0.6 is 0 Å². The van der Waals surface area contributed by atoms with E-state index in [-0.39, 0.29) is 6.10 Å². The lowest BCUT2D eigenvalue weighted by Gasteiger charge is -2.26. The van der Waals surface area contributed by atoms with E-state index in [1.807, 2.05) is 0 Å². The lowest BCUT2D eigenvalue weighted by atomic mass is 9.78. The molecule has 3 rings (SSSR count). The molecular weight excluding hydrogens is 148 g/mol. The Morgan fingerprint density at radius 1 is 1.08 bits per heavy atom. The van der Waals surface area contributed by atoms with Crippen molar-refractivity contribution < 1.29 is 5.11 Å². The fourth-order valence-electron chi connectivity index (χ4n) is 4.37. The van der Waals surface area contributed by atoms with Crippen molar-refractivity contribution in [2.24, 2.45) is 29.6 Å². The van der Waals surface area contributed by atoms with E-state index in [4.69, 9.17) is 0 Å². The van der Waals surface area contributed by atoms with E-state index < -0.39 is 0 Å². The maximum Gasteiger partial charge on any atom is 0.0571 e. The van der Waals surface area contributed by atoms with Gasteiger partial charge in [0.15, 0.2) is 0 Å². The first-order valence-electron chi connectivity index (χ1n) is 5.45. The molecule has 68 valence electrons. The van der Waals surface area contributed by atoms with Crippen LogP contribution in [-0.2, 0) is 0 Å². The normalized spacial score (nSPS) is 62.5. The minimum atomic E-state index is 0.0309. The molecule has 2 bridgehead atoms. The van der Waals surface area contributed by atoms with E-state index in [0.717, 1.165) is 30.1 Å². The quantitative estimate of drug-likeness (QED) is 0.584. The molecule has 12 heavy (non-hydrogen) atoms. The summed E-state index contributed by atoms with van der Waals surface area (Å²) >= 11 is 0. The summed E-state index contributed by atoms with van der Waals surface area (Å²) in [6.07, 6.45) is 5.57. The lowest BCUT2D eigenvalue weighted by molar-refractivity contribution is 0.115. The molecule has 0 aromatic heterocycles. The van der Waals surface area contributed by atoms with E-state index in [1.54, 1.807) is 0 Å². The predicted molar refractivity (Wildman–Crippen MR) is 47.6 cm³/mol. The van der Waals surface area contributed by atoms with E-state index in [9.17, 15) is 5.11 Å². The molecule has 6 unspecified atom stereocenters. The molecule has 3 saturated carbocycles. The van der Waals surface area contributed by atoms with Crippen LogP contribution in [0, 0.1) is 29.6 Å². The van der Waals surface area contributed by atoms with Gasteiger partial charge in [0, 0.05) is 0 Å². The van der Waals surface area contributed by atoms with Crippen LogP contribution < -0.4 is 0 Å². The molecule has 0 spiro atoms. The third-order valence-corrected chi connectivity index (χ3v) is 4.89. The Morgan fingerprint density at radius 3 is 2.58 bits per heavy atom. The summed E-state index contributed by atoms with van der Waals surface area (Å²) in [5.41, 5.74) is 0. The molecule has 0 radical (unpaired) electrons. The molecule has 0 amide bonds. The minimum absolute atomic E-state index is 0.0309. The number of rotatable bonds is 0. The van der Waals surface area contributed by atoms with Crippen LogP contribution in [0.3, 0.4) is 0 Å². The monoisotopic (exact) mass is 166 g/mol. The average Bonchev–Trinajstić information content (AvgIpc) is 2.66. The first-order chi connectivity index (χ1) is 5.77. The van der Waals surface area contributed by atoms with Gasteiger partial charge >= 0.3 is 0 Å². The highest BCUT2D eigenvalue weighted by molar-refractivity contribution is 5.04. The fraction of sp³-hybridized carbons (Fsp3) is 1.00. The Bertz CT molecular complexity index is 199. The largest absolute Gasteiger partial charge is 0.393 e. The number of fused-ring (bicyclic) bond motifs is 5. The van der Waals surface area contributed by atoms with E-state index in [2.05, 4.69) is 6.92 Å². The smallest absolute Gasteiger partial charge is 0.0571 e. The van der Waals surface area contributed by atoms with Gasteiger partial charge in [-0.3, -0.25) is 0 Å². The van der Waals surface area contributed by atoms with Crippen molar-refractivity contribution in [1.29, 1.82) is 0 Å². The van der Waals surface area contributed by atoms with Crippen molar-refractivity contribution in [3.63, 3.8) is 0 Å². The summed E-state index contributed by atoms with van der Waals surface area (Å²) in [5, 5.41) is 9.77. The Morgan fingerprint density at radius 2 is 1.83 bits per heavy atom. The number of hydrogen-bond donors (Lipinski definition) is 1. The molecule has 3 fully saturated rings. The first kappa shape index (κ1) is 7.37. The molecule has 1 heteroatoms. The number of aliphatic hydroxyl groups excluding tert-OH is 1. The van der Waals surface area contributed by atoms with Crippen LogP contribution in [0.2, 0.25) is 0 Å².